The highest BCUT2D eigenvalue weighted by atomic mass is 16.5. The molecular weight excluding hydrogens is 312 g/mol. The van der Waals surface area contributed by atoms with E-state index in [1.165, 1.54) is 26.4 Å². The highest BCUT2D eigenvalue weighted by Gasteiger charge is 2.24. The highest BCUT2D eigenvalue weighted by molar-refractivity contribution is 6.13. The molecular formula is C17H20N2O5. The number of carbonyl (C=O) groups excluding carboxylic acids is 2. The van der Waals surface area contributed by atoms with E-state index in [2.05, 4.69) is 0 Å². The van der Waals surface area contributed by atoms with E-state index in [-0.39, 0.29) is 12.2 Å². The van der Waals surface area contributed by atoms with Crippen molar-refractivity contribution in [3.63, 3.8) is 0 Å². The molecule has 1 heterocycles. The van der Waals surface area contributed by atoms with Crippen molar-refractivity contribution in [2.75, 3.05) is 26.6 Å². The summed E-state index contributed by atoms with van der Waals surface area (Å²) in [5.74, 6) is -0.590. The first-order valence-corrected chi connectivity index (χ1v) is 7.34. The Kier molecular flexibility index (Phi) is 5.13. The Morgan fingerprint density at radius 1 is 1.29 bits per heavy atom. The second kappa shape index (κ2) is 7.08. The Bertz CT molecular complexity index is 820. The molecule has 1 aromatic heterocycles. The maximum Gasteiger partial charge on any atom is 0.340 e. The fourth-order valence-corrected chi connectivity index (χ4v) is 2.58. The van der Waals surface area contributed by atoms with Crippen LogP contribution in [0.3, 0.4) is 0 Å². The molecule has 24 heavy (non-hydrogen) atoms. The van der Waals surface area contributed by atoms with E-state index in [1.807, 2.05) is 0 Å². The van der Waals surface area contributed by atoms with E-state index in [0.29, 0.717) is 22.5 Å². The second-order valence-corrected chi connectivity index (χ2v) is 4.97. The van der Waals surface area contributed by atoms with Crippen LogP contribution in [0.15, 0.2) is 18.2 Å². The molecule has 0 aliphatic heterocycles. The lowest BCUT2D eigenvalue weighted by molar-refractivity contribution is -0.137. The van der Waals surface area contributed by atoms with Gasteiger partial charge in [-0.15, -0.1) is 0 Å². The zero-order valence-corrected chi connectivity index (χ0v) is 14.1. The number of aromatic nitrogens is 1. The number of anilines is 1. The van der Waals surface area contributed by atoms with Crippen LogP contribution in [-0.4, -0.2) is 37.3 Å². The van der Waals surface area contributed by atoms with Crippen LogP contribution in [-0.2, 0) is 21.3 Å². The number of hydrogen-bond acceptors (Lipinski definition) is 6. The molecule has 2 rings (SSSR count). The maximum absolute atomic E-state index is 12.3. The summed E-state index contributed by atoms with van der Waals surface area (Å²) in [5, 5.41) is 0.521. The number of nitrogens with zero attached hydrogens (tertiary/aromatic N) is 1. The Labute approximate surface area is 139 Å². The number of rotatable bonds is 5. The van der Waals surface area contributed by atoms with E-state index in [4.69, 9.17) is 19.9 Å². The van der Waals surface area contributed by atoms with Crippen LogP contribution in [0.25, 0.3) is 17.0 Å². The number of aryl methyl sites for hydroxylation is 1. The van der Waals surface area contributed by atoms with Crippen molar-refractivity contribution in [2.45, 2.75) is 6.92 Å². The first-order chi connectivity index (χ1) is 11.5. The minimum absolute atomic E-state index is 0.270. The number of hydrogen-bond donors (Lipinski definition) is 1. The van der Waals surface area contributed by atoms with Crippen molar-refractivity contribution in [1.29, 1.82) is 0 Å². The molecule has 1 aromatic carbocycles. The first-order valence-electron chi connectivity index (χ1n) is 7.34. The van der Waals surface area contributed by atoms with Gasteiger partial charge in [0.2, 0.25) is 0 Å². The third-order valence-corrected chi connectivity index (χ3v) is 3.69. The third kappa shape index (κ3) is 2.92. The molecule has 0 fully saturated rings. The van der Waals surface area contributed by atoms with Crippen molar-refractivity contribution in [1.82, 2.24) is 4.57 Å². The quantitative estimate of drug-likeness (QED) is 0.512. The normalized spacial score (nSPS) is 11.0. The van der Waals surface area contributed by atoms with Gasteiger partial charge in [-0.3, -0.25) is 0 Å². The standard InChI is InChI=1S/C17H20N2O5/c1-5-24-13(20)9-7-11-15(17(21)23-4)14-10(19(11)2)6-8-12(22-3)16(14)18/h6-9H,5,18H2,1-4H3/b9-7+. The van der Waals surface area contributed by atoms with Crippen molar-refractivity contribution in [3.05, 3.63) is 29.5 Å². The highest BCUT2D eigenvalue weighted by Crippen LogP contribution is 2.36. The minimum Gasteiger partial charge on any atom is -0.495 e. The van der Waals surface area contributed by atoms with Gasteiger partial charge in [0.15, 0.2) is 0 Å². The van der Waals surface area contributed by atoms with Crippen LogP contribution in [0.4, 0.5) is 5.69 Å². The van der Waals surface area contributed by atoms with Crippen LogP contribution in [0.5, 0.6) is 5.75 Å². The van der Waals surface area contributed by atoms with Gasteiger partial charge in [0.1, 0.15) is 5.75 Å². The molecule has 0 radical (unpaired) electrons. The molecule has 128 valence electrons. The fraction of sp³-hybridized carbons (Fsp3) is 0.294. The average Bonchev–Trinajstić information content (AvgIpc) is 2.86. The number of fused-ring (bicyclic) bond motifs is 1. The van der Waals surface area contributed by atoms with Crippen molar-refractivity contribution in [3.8, 4) is 5.75 Å². The zero-order valence-electron chi connectivity index (χ0n) is 14.1. The number of nitrogen functional groups attached to an aromatic ring is 1. The number of methoxy groups -OCH3 is 2. The van der Waals surface area contributed by atoms with Crippen LogP contribution in [0.1, 0.15) is 23.0 Å². The van der Waals surface area contributed by atoms with E-state index in [1.54, 1.807) is 30.7 Å². The summed E-state index contributed by atoms with van der Waals surface area (Å²) >= 11 is 0. The third-order valence-electron chi connectivity index (χ3n) is 3.69. The van der Waals surface area contributed by atoms with Gasteiger partial charge >= 0.3 is 11.9 Å². The number of esters is 2. The molecule has 0 saturated heterocycles. The van der Waals surface area contributed by atoms with Gasteiger partial charge in [0, 0.05) is 18.5 Å². The Morgan fingerprint density at radius 3 is 2.58 bits per heavy atom. The van der Waals surface area contributed by atoms with Crippen molar-refractivity contribution < 1.29 is 23.8 Å². The van der Waals surface area contributed by atoms with E-state index >= 15 is 0 Å². The molecule has 2 N–H and O–H groups in total. The molecule has 2 aromatic rings. The molecule has 0 amide bonds. The van der Waals surface area contributed by atoms with Gasteiger partial charge in [-0.25, -0.2) is 9.59 Å². The summed E-state index contributed by atoms with van der Waals surface area (Å²) in [6.45, 7) is 1.99. The summed E-state index contributed by atoms with van der Waals surface area (Å²) < 4.78 is 16.7. The predicted molar refractivity (Wildman–Crippen MR) is 90.9 cm³/mol. The van der Waals surface area contributed by atoms with E-state index < -0.39 is 11.9 Å². The predicted octanol–water partition coefficient (Wildman–Crippen LogP) is 2.13. The molecule has 0 aliphatic carbocycles. The number of nitrogens with two attached hydrogens (primary N) is 1. The summed E-state index contributed by atoms with van der Waals surface area (Å²) in [6.07, 6.45) is 2.77. The molecule has 0 spiro atoms. The Morgan fingerprint density at radius 2 is 2.00 bits per heavy atom. The topological polar surface area (TPSA) is 92.8 Å². The lowest BCUT2D eigenvalue weighted by Crippen LogP contribution is -2.05. The number of benzene rings is 1. The molecule has 0 aliphatic rings. The molecule has 0 unspecified atom stereocenters. The van der Waals surface area contributed by atoms with Gasteiger partial charge < -0.3 is 24.5 Å². The van der Waals surface area contributed by atoms with Crippen LogP contribution < -0.4 is 10.5 Å². The molecule has 0 saturated carbocycles. The van der Waals surface area contributed by atoms with Gasteiger partial charge in [-0.2, -0.15) is 0 Å². The van der Waals surface area contributed by atoms with Crippen LogP contribution >= 0.6 is 0 Å². The van der Waals surface area contributed by atoms with Crippen LogP contribution in [0, 0.1) is 0 Å². The van der Waals surface area contributed by atoms with Crippen LogP contribution in [0.2, 0.25) is 0 Å². The summed E-state index contributed by atoms with van der Waals surface area (Å²) in [6, 6.07) is 3.51. The largest absolute Gasteiger partial charge is 0.495 e. The smallest absolute Gasteiger partial charge is 0.340 e. The van der Waals surface area contributed by atoms with Gasteiger partial charge in [0.05, 0.1) is 43.3 Å². The lowest BCUT2D eigenvalue weighted by Gasteiger charge is -2.06. The Balaban J connectivity index is 2.74. The van der Waals surface area contributed by atoms with Gasteiger partial charge in [0.25, 0.3) is 0 Å². The van der Waals surface area contributed by atoms with Gasteiger partial charge in [-0.1, -0.05) is 0 Å². The molecule has 7 heteroatoms. The summed E-state index contributed by atoms with van der Waals surface area (Å²) in [5.41, 5.74) is 7.96. The summed E-state index contributed by atoms with van der Waals surface area (Å²) in [7, 11) is 4.56. The first kappa shape index (κ1) is 17.4. The lowest BCUT2D eigenvalue weighted by atomic mass is 10.1. The SMILES string of the molecule is CCOC(=O)/C=C/c1c(C(=O)OC)c2c(N)c(OC)ccc2n1C. The number of ether oxygens (including phenoxy) is 3. The Hall–Kier alpha value is -2.96. The van der Waals surface area contributed by atoms with E-state index in [9.17, 15) is 9.59 Å². The second-order valence-electron chi connectivity index (χ2n) is 4.97. The fourth-order valence-electron chi connectivity index (χ4n) is 2.58. The van der Waals surface area contributed by atoms with Crippen molar-refractivity contribution >= 4 is 34.6 Å². The van der Waals surface area contributed by atoms with E-state index in [0.717, 1.165) is 5.52 Å². The van der Waals surface area contributed by atoms with Crippen molar-refractivity contribution in [2.24, 2.45) is 7.05 Å². The minimum atomic E-state index is -0.552. The molecule has 0 bridgehead atoms. The maximum atomic E-state index is 12.3. The zero-order chi connectivity index (χ0) is 17.9. The number of carbonyl (C=O) groups is 2. The molecule has 0 atom stereocenters. The molecule has 7 nitrogen and oxygen atoms in total. The summed E-state index contributed by atoms with van der Waals surface area (Å²) in [4.78, 5) is 23.9. The monoisotopic (exact) mass is 332 g/mol. The van der Waals surface area contributed by atoms with Gasteiger partial charge in [-0.05, 0) is 25.1 Å². The average molecular weight is 332 g/mol.